The van der Waals surface area contributed by atoms with Crippen LogP contribution in [0.15, 0.2) is 0 Å². The molecule has 1 heterocycles. The molecular formula is C10H17NO3S. The molecule has 5 heteroatoms. The first-order valence-corrected chi connectivity index (χ1v) is 6.45. The van der Waals surface area contributed by atoms with Crippen molar-refractivity contribution in [2.45, 2.75) is 13.3 Å². The smallest absolute Gasteiger partial charge is 0.308 e. The minimum atomic E-state index is -0.789. The lowest BCUT2D eigenvalue weighted by atomic mass is 9.99. The van der Waals surface area contributed by atoms with Crippen molar-refractivity contribution in [1.82, 2.24) is 4.90 Å². The van der Waals surface area contributed by atoms with Gasteiger partial charge in [-0.25, -0.2) is 0 Å². The molecule has 1 amide bonds. The lowest BCUT2D eigenvalue weighted by Gasteiger charge is -2.15. The van der Waals surface area contributed by atoms with Crippen molar-refractivity contribution in [3.05, 3.63) is 0 Å². The molecule has 0 bridgehead atoms. The number of carbonyl (C=O) groups excluding carboxylic acids is 1. The zero-order chi connectivity index (χ0) is 11.4. The van der Waals surface area contributed by atoms with Crippen molar-refractivity contribution < 1.29 is 14.7 Å². The molecule has 1 N–H and O–H groups in total. The molecule has 1 fully saturated rings. The molecule has 0 aromatic rings. The Morgan fingerprint density at radius 1 is 1.47 bits per heavy atom. The first kappa shape index (κ1) is 12.4. The number of carbonyl (C=O) groups is 2. The number of hydrogen-bond acceptors (Lipinski definition) is 3. The van der Waals surface area contributed by atoms with Gasteiger partial charge in [-0.2, -0.15) is 11.8 Å². The van der Waals surface area contributed by atoms with E-state index in [9.17, 15) is 9.59 Å². The van der Waals surface area contributed by atoms with Gasteiger partial charge in [0.05, 0.1) is 5.92 Å². The lowest BCUT2D eigenvalue weighted by Crippen LogP contribution is -2.30. The lowest BCUT2D eigenvalue weighted by molar-refractivity contribution is -0.142. The van der Waals surface area contributed by atoms with Gasteiger partial charge in [0.2, 0.25) is 5.91 Å². The number of amides is 1. The Morgan fingerprint density at radius 2 is 2.13 bits per heavy atom. The number of carboxylic acid groups (broad SMARTS) is 1. The number of aliphatic carboxylic acids is 1. The van der Waals surface area contributed by atoms with E-state index in [0.717, 1.165) is 5.75 Å². The summed E-state index contributed by atoms with van der Waals surface area (Å²) in [5.74, 6) is -0.215. The highest BCUT2D eigenvalue weighted by Gasteiger charge is 2.36. The summed E-state index contributed by atoms with van der Waals surface area (Å²) in [6, 6.07) is 0. The van der Waals surface area contributed by atoms with Crippen LogP contribution in [-0.2, 0) is 9.59 Å². The standard InChI is InChI=1S/C10H17NO3S/c1-7-5-11(6-8(7)10(13)14)9(12)3-4-15-2/h7-8H,3-6H2,1-2H3,(H,13,14)/t7-,8-/m1/s1. The summed E-state index contributed by atoms with van der Waals surface area (Å²) in [7, 11) is 0. The van der Waals surface area contributed by atoms with Crippen molar-refractivity contribution in [3.63, 3.8) is 0 Å². The predicted octanol–water partition coefficient (Wildman–Crippen LogP) is 0.919. The maximum atomic E-state index is 11.6. The fourth-order valence-electron chi connectivity index (χ4n) is 1.84. The maximum Gasteiger partial charge on any atom is 0.308 e. The third-order valence-corrected chi connectivity index (χ3v) is 3.41. The molecule has 15 heavy (non-hydrogen) atoms. The van der Waals surface area contributed by atoms with Gasteiger partial charge in [-0.1, -0.05) is 6.92 Å². The van der Waals surface area contributed by atoms with Gasteiger partial charge in [0, 0.05) is 25.3 Å². The van der Waals surface area contributed by atoms with Gasteiger partial charge >= 0.3 is 5.97 Å². The van der Waals surface area contributed by atoms with E-state index in [2.05, 4.69) is 0 Å². The summed E-state index contributed by atoms with van der Waals surface area (Å²) in [6.45, 7) is 2.86. The van der Waals surface area contributed by atoms with Crippen molar-refractivity contribution in [2.24, 2.45) is 11.8 Å². The average molecular weight is 231 g/mol. The number of nitrogens with zero attached hydrogens (tertiary/aromatic N) is 1. The van der Waals surface area contributed by atoms with Crippen LogP contribution >= 0.6 is 11.8 Å². The quantitative estimate of drug-likeness (QED) is 0.781. The maximum absolute atomic E-state index is 11.6. The van der Waals surface area contributed by atoms with Gasteiger partial charge in [0.15, 0.2) is 0 Å². The summed E-state index contributed by atoms with van der Waals surface area (Å²) in [6.07, 6.45) is 2.47. The Labute approximate surface area is 94.0 Å². The van der Waals surface area contributed by atoms with E-state index in [1.165, 1.54) is 0 Å². The van der Waals surface area contributed by atoms with Crippen molar-refractivity contribution in [2.75, 3.05) is 25.1 Å². The van der Waals surface area contributed by atoms with Gasteiger partial charge in [-0.05, 0) is 12.2 Å². The van der Waals surface area contributed by atoms with E-state index in [4.69, 9.17) is 5.11 Å². The molecule has 1 aliphatic rings. The molecule has 0 aromatic carbocycles. The Kier molecular flexibility index (Phi) is 4.45. The molecule has 0 saturated carbocycles. The molecule has 0 spiro atoms. The summed E-state index contributed by atoms with van der Waals surface area (Å²) < 4.78 is 0. The SMILES string of the molecule is CSCCC(=O)N1C[C@@H](C)[C@H](C(=O)O)C1. The fraction of sp³-hybridized carbons (Fsp3) is 0.800. The average Bonchev–Trinajstić information content (AvgIpc) is 2.56. The predicted molar refractivity (Wildman–Crippen MR) is 59.9 cm³/mol. The van der Waals surface area contributed by atoms with Crippen LogP contribution in [0.4, 0.5) is 0 Å². The van der Waals surface area contributed by atoms with Crippen LogP contribution in [0.5, 0.6) is 0 Å². The second-order valence-electron chi connectivity index (χ2n) is 3.96. The molecule has 86 valence electrons. The Morgan fingerprint density at radius 3 is 2.60 bits per heavy atom. The van der Waals surface area contributed by atoms with Crippen molar-refractivity contribution in [3.8, 4) is 0 Å². The van der Waals surface area contributed by atoms with Crippen molar-refractivity contribution in [1.29, 1.82) is 0 Å². The highest BCUT2D eigenvalue weighted by molar-refractivity contribution is 7.98. The Hall–Kier alpha value is -0.710. The van der Waals surface area contributed by atoms with Crippen LogP contribution in [0, 0.1) is 11.8 Å². The van der Waals surface area contributed by atoms with Crippen LogP contribution in [-0.4, -0.2) is 47.0 Å². The van der Waals surface area contributed by atoms with Gasteiger partial charge in [0.1, 0.15) is 0 Å². The highest BCUT2D eigenvalue weighted by Crippen LogP contribution is 2.23. The van der Waals surface area contributed by atoms with E-state index >= 15 is 0 Å². The minimum Gasteiger partial charge on any atom is -0.481 e. The summed E-state index contributed by atoms with van der Waals surface area (Å²) in [5.41, 5.74) is 0. The van der Waals surface area contributed by atoms with E-state index in [0.29, 0.717) is 19.5 Å². The number of thioether (sulfide) groups is 1. The topological polar surface area (TPSA) is 57.6 Å². The van der Waals surface area contributed by atoms with Crippen LogP contribution in [0.2, 0.25) is 0 Å². The number of carboxylic acids is 1. The van der Waals surface area contributed by atoms with Crippen LogP contribution in [0.25, 0.3) is 0 Å². The van der Waals surface area contributed by atoms with Gasteiger partial charge in [0.25, 0.3) is 0 Å². The first-order valence-electron chi connectivity index (χ1n) is 5.05. The van der Waals surface area contributed by atoms with Gasteiger partial charge in [-0.15, -0.1) is 0 Å². The zero-order valence-electron chi connectivity index (χ0n) is 9.10. The third kappa shape index (κ3) is 3.12. The molecule has 0 radical (unpaired) electrons. The molecule has 2 atom stereocenters. The van der Waals surface area contributed by atoms with Gasteiger partial charge in [-0.3, -0.25) is 9.59 Å². The third-order valence-electron chi connectivity index (χ3n) is 2.80. The van der Waals surface area contributed by atoms with Crippen LogP contribution < -0.4 is 0 Å². The molecule has 1 aliphatic heterocycles. The molecule has 0 unspecified atom stereocenters. The monoisotopic (exact) mass is 231 g/mol. The van der Waals surface area contributed by atoms with Gasteiger partial charge < -0.3 is 10.0 Å². The molecular weight excluding hydrogens is 214 g/mol. The zero-order valence-corrected chi connectivity index (χ0v) is 9.92. The van der Waals surface area contributed by atoms with Crippen LogP contribution in [0.3, 0.4) is 0 Å². The molecule has 1 saturated heterocycles. The number of likely N-dealkylation sites (tertiary alicyclic amines) is 1. The minimum absolute atomic E-state index is 0.0701. The number of rotatable bonds is 4. The van der Waals surface area contributed by atoms with Crippen LogP contribution in [0.1, 0.15) is 13.3 Å². The largest absolute Gasteiger partial charge is 0.481 e. The van der Waals surface area contributed by atoms with E-state index < -0.39 is 5.97 Å². The summed E-state index contributed by atoms with van der Waals surface area (Å²) in [5, 5.41) is 8.92. The molecule has 4 nitrogen and oxygen atoms in total. The van der Waals surface area contributed by atoms with E-state index in [1.54, 1.807) is 16.7 Å². The number of hydrogen-bond donors (Lipinski definition) is 1. The van der Waals surface area contributed by atoms with E-state index in [1.807, 2.05) is 13.2 Å². The van der Waals surface area contributed by atoms with E-state index in [-0.39, 0.29) is 17.7 Å². The highest BCUT2D eigenvalue weighted by atomic mass is 32.2. The summed E-state index contributed by atoms with van der Waals surface area (Å²) in [4.78, 5) is 24.2. The Bertz CT molecular complexity index is 257. The second-order valence-corrected chi connectivity index (χ2v) is 4.95. The Balaban J connectivity index is 2.47. The second kappa shape index (κ2) is 5.39. The molecule has 0 aliphatic carbocycles. The van der Waals surface area contributed by atoms with Crippen molar-refractivity contribution >= 4 is 23.6 Å². The first-order chi connectivity index (χ1) is 7.06. The normalized spacial score (nSPS) is 25.6. The summed E-state index contributed by atoms with van der Waals surface area (Å²) >= 11 is 1.63. The molecule has 0 aromatic heterocycles. The fourth-order valence-corrected chi connectivity index (χ4v) is 2.22. The molecule has 1 rings (SSSR count).